The van der Waals surface area contributed by atoms with E-state index in [-0.39, 0.29) is 22.7 Å². The Morgan fingerprint density at radius 2 is 1.84 bits per heavy atom. The Morgan fingerprint density at radius 3 is 2.26 bits per heavy atom. The Morgan fingerprint density at radius 1 is 1.32 bits per heavy atom. The molecule has 0 aliphatic rings. The third-order valence-corrected chi connectivity index (χ3v) is 2.75. The lowest BCUT2D eigenvalue weighted by molar-refractivity contribution is -0.385. The number of benzene rings is 1. The van der Waals surface area contributed by atoms with Gasteiger partial charge in [0.05, 0.1) is 25.2 Å². The highest BCUT2D eigenvalue weighted by molar-refractivity contribution is 5.98. The van der Waals surface area contributed by atoms with Crippen LogP contribution in [0.3, 0.4) is 0 Å². The minimum absolute atomic E-state index is 0.0213. The van der Waals surface area contributed by atoms with Crippen molar-refractivity contribution in [1.82, 2.24) is 4.90 Å². The first-order valence-corrected chi connectivity index (χ1v) is 5.62. The fourth-order valence-corrected chi connectivity index (χ4v) is 1.54. The summed E-state index contributed by atoms with van der Waals surface area (Å²) >= 11 is 0. The van der Waals surface area contributed by atoms with Crippen molar-refractivity contribution >= 4 is 11.6 Å². The van der Waals surface area contributed by atoms with E-state index in [1.165, 1.54) is 31.3 Å². The second-order valence-corrected chi connectivity index (χ2v) is 3.80. The lowest BCUT2D eigenvalue weighted by atomic mass is 10.1. The third-order valence-electron chi connectivity index (χ3n) is 2.75. The van der Waals surface area contributed by atoms with Crippen LogP contribution in [0.2, 0.25) is 0 Å². The van der Waals surface area contributed by atoms with Gasteiger partial charge in [0.15, 0.2) is 11.5 Å². The molecule has 0 heterocycles. The number of hydrogen-bond donors (Lipinski definition) is 0. The van der Waals surface area contributed by atoms with Crippen LogP contribution in [0.5, 0.6) is 11.5 Å². The first-order valence-electron chi connectivity index (χ1n) is 5.62. The Hall–Kier alpha value is -2.31. The maximum absolute atomic E-state index is 12.1. The zero-order chi connectivity index (χ0) is 14.6. The molecule has 104 valence electrons. The van der Waals surface area contributed by atoms with E-state index in [1.54, 1.807) is 14.0 Å². The number of nitro groups is 1. The van der Waals surface area contributed by atoms with Gasteiger partial charge in [-0.3, -0.25) is 14.9 Å². The Bertz CT molecular complexity index is 501. The van der Waals surface area contributed by atoms with Gasteiger partial charge in [0.1, 0.15) is 5.56 Å². The number of methoxy groups -OCH3 is 2. The highest BCUT2D eigenvalue weighted by Gasteiger charge is 2.26. The van der Waals surface area contributed by atoms with E-state index in [1.807, 2.05) is 0 Å². The molecular weight excluding hydrogens is 252 g/mol. The van der Waals surface area contributed by atoms with Crippen molar-refractivity contribution < 1.29 is 19.2 Å². The Balaban J connectivity index is 3.43. The van der Waals surface area contributed by atoms with Gasteiger partial charge < -0.3 is 14.4 Å². The minimum atomic E-state index is -0.612. The monoisotopic (exact) mass is 268 g/mol. The van der Waals surface area contributed by atoms with Crippen LogP contribution in [0, 0.1) is 10.1 Å². The van der Waals surface area contributed by atoms with Crippen LogP contribution in [0.1, 0.15) is 17.3 Å². The number of carbonyl (C=O) groups excluding carboxylic acids is 1. The first kappa shape index (κ1) is 14.7. The normalized spacial score (nSPS) is 9.89. The van der Waals surface area contributed by atoms with E-state index in [0.29, 0.717) is 6.54 Å². The zero-order valence-corrected chi connectivity index (χ0v) is 11.3. The predicted molar refractivity (Wildman–Crippen MR) is 68.8 cm³/mol. The van der Waals surface area contributed by atoms with Gasteiger partial charge in [0.2, 0.25) is 0 Å². The molecule has 0 aliphatic carbocycles. The standard InChI is InChI=1S/C12H16N2O5/c1-5-13(2)12(15)8-6-10(18-3)11(19-4)7-9(8)14(16)17/h6-7H,5H2,1-4H3. The molecule has 0 aliphatic heterocycles. The van der Waals surface area contributed by atoms with Crippen LogP contribution in [0.4, 0.5) is 5.69 Å². The summed E-state index contributed by atoms with van der Waals surface area (Å²) in [6.45, 7) is 2.23. The van der Waals surface area contributed by atoms with E-state index in [2.05, 4.69) is 0 Å². The average molecular weight is 268 g/mol. The van der Waals surface area contributed by atoms with Crippen molar-refractivity contribution in [3.05, 3.63) is 27.8 Å². The van der Waals surface area contributed by atoms with E-state index in [4.69, 9.17) is 9.47 Å². The Labute approximate surface area is 110 Å². The molecule has 0 atom stereocenters. The summed E-state index contributed by atoms with van der Waals surface area (Å²) in [5.74, 6) is 0.0565. The quantitative estimate of drug-likeness (QED) is 0.599. The van der Waals surface area contributed by atoms with Crippen LogP contribution >= 0.6 is 0 Å². The number of nitro benzene ring substituents is 1. The number of hydrogen-bond acceptors (Lipinski definition) is 5. The number of ether oxygens (including phenoxy) is 2. The summed E-state index contributed by atoms with van der Waals surface area (Å²) in [4.78, 5) is 23.9. The largest absolute Gasteiger partial charge is 0.493 e. The molecule has 7 nitrogen and oxygen atoms in total. The smallest absolute Gasteiger partial charge is 0.286 e. The Kier molecular flexibility index (Phi) is 4.68. The second-order valence-electron chi connectivity index (χ2n) is 3.80. The number of rotatable bonds is 5. The summed E-state index contributed by atoms with van der Waals surface area (Å²) in [7, 11) is 4.35. The molecule has 0 bridgehead atoms. The van der Waals surface area contributed by atoms with Crippen molar-refractivity contribution in [3.63, 3.8) is 0 Å². The average Bonchev–Trinajstić information content (AvgIpc) is 2.43. The lowest BCUT2D eigenvalue weighted by Crippen LogP contribution is -2.27. The van der Waals surface area contributed by atoms with Crippen molar-refractivity contribution in [2.75, 3.05) is 27.8 Å². The fourth-order valence-electron chi connectivity index (χ4n) is 1.54. The molecular formula is C12H16N2O5. The van der Waals surface area contributed by atoms with Gasteiger partial charge in [0.25, 0.3) is 11.6 Å². The predicted octanol–water partition coefficient (Wildman–Crippen LogP) is 1.70. The summed E-state index contributed by atoms with van der Waals surface area (Å²) < 4.78 is 10.1. The third kappa shape index (κ3) is 2.93. The summed E-state index contributed by atoms with van der Waals surface area (Å²) in [5.41, 5.74) is -0.324. The first-order chi connectivity index (χ1) is 8.96. The van der Waals surface area contributed by atoms with Gasteiger partial charge >= 0.3 is 0 Å². The van der Waals surface area contributed by atoms with E-state index in [9.17, 15) is 14.9 Å². The molecule has 1 aromatic rings. The number of nitrogens with zero attached hydrogens (tertiary/aromatic N) is 2. The molecule has 1 amide bonds. The molecule has 0 radical (unpaired) electrons. The van der Waals surface area contributed by atoms with Crippen LogP contribution in [0.25, 0.3) is 0 Å². The highest BCUT2D eigenvalue weighted by Crippen LogP contribution is 2.34. The van der Waals surface area contributed by atoms with Crippen LogP contribution in [-0.2, 0) is 0 Å². The molecule has 1 rings (SSSR count). The zero-order valence-electron chi connectivity index (χ0n) is 11.3. The molecule has 0 N–H and O–H groups in total. The second kappa shape index (κ2) is 6.03. The minimum Gasteiger partial charge on any atom is -0.493 e. The van der Waals surface area contributed by atoms with Gasteiger partial charge in [0, 0.05) is 19.7 Å². The van der Waals surface area contributed by atoms with E-state index >= 15 is 0 Å². The summed E-state index contributed by atoms with van der Waals surface area (Å²) in [6, 6.07) is 2.51. The van der Waals surface area contributed by atoms with E-state index in [0.717, 1.165) is 0 Å². The van der Waals surface area contributed by atoms with Crippen LogP contribution in [0.15, 0.2) is 12.1 Å². The number of amides is 1. The van der Waals surface area contributed by atoms with Gasteiger partial charge in [-0.1, -0.05) is 0 Å². The van der Waals surface area contributed by atoms with Gasteiger partial charge in [-0.25, -0.2) is 0 Å². The molecule has 0 aromatic heterocycles. The SMILES string of the molecule is CCN(C)C(=O)c1cc(OC)c(OC)cc1[N+](=O)[O-]. The lowest BCUT2D eigenvalue weighted by Gasteiger charge is -2.16. The van der Waals surface area contributed by atoms with Crippen LogP contribution < -0.4 is 9.47 Å². The van der Waals surface area contributed by atoms with Gasteiger partial charge in [-0.05, 0) is 6.92 Å². The maximum Gasteiger partial charge on any atom is 0.286 e. The molecule has 0 unspecified atom stereocenters. The van der Waals surface area contributed by atoms with Gasteiger partial charge in [-0.15, -0.1) is 0 Å². The maximum atomic E-state index is 12.1. The number of carbonyl (C=O) groups is 1. The fraction of sp³-hybridized carbons (Fsp3) is 0.417. The molecule has 0 saturated heterocycles. The van der Waals surface area contributed by atoms with E-state index < -0.39 is 10.8 Å². The molecule has 1 aromatic carbocycles. The summed E-state index contributed by atoms with van der Waals surface area (Å²) in [6.07, 6.45) is 0. The molecule has 19 heavy (non-hydrogen) atoms. The van der Waals surface area contributed by atoms with Crippen molar-refractivity contribution in [1.29, 1.82) is 0 Å². The van der Waals surface area contributed by atoms with Crippen molar-refractivity contribution in [2.45, 2.75) is 6.92 Å². The summed E-state index contributed by atoms with van der Waals surface area (Å²) in [5, 5.41) is 11.0. The topological polar surface area (TPSA) is 81.9 Å². The van der Waals surface area contributed by atoms with Crippen LogP contribution in [-0.4, -0.2) is 43.5 Å². The molecule has 0 fully saturated rings. The van der Waals surface area contributed by atoms with Crippen molar-refractivity contribution in [3.8, 4) is 11.5 Å². The molecule has 0 spiro atoms. The van der Waals surface area contributed by atoms with Gasteiger partial charge in [-0.2, -0.15) is 0 Å². The molecule has 7 heteroatoms. The molecule has 0 saturated carbocycles. The van der Waals surface area contributed by atoms with Crippen molar-refractivity contribution in [2.24, 2.45) is 0 Å². The highest BCUT2D eigenvalue weighted by atomic mass is 16.6.